The molecule has 0 unspecified atom stereocenters. The van der Waals surface area contributed by atoms with Crippen LogP contribution in [0.5, 0.6) is 0 Å². The first-order chi connectivity index (χ1) is 8.59. The maximum absolute atomic E-state index is 12.3. The van der Waals surface area contributed by atoms with Gasteiger partial charge < -0.3 is 10.6 Å². The van der Waals surface area contributed by atoms with Gasteiger partial charge in [-0.2, -0.15) is 0 Å². The van der Waals surface area contributed by atoms with Crippen molar-refractivity contribution in [1.29, 1.82) is 0 Å². The van der Waals surface area contributed by atoms with Gasteiger partial charge in [-0.3, -0.25) is 9.78 Å². The van der Waals surface area contributed by atoms with Gasteiger partial charge in [0.25, 0.3) is 5.91 Å². The number of aromatic nitrogens is 1. The fraction of sp³-hybridized carbons (Fsp3) is 0.0769. The van der Waals surface area contributed by atoms with Gasteiger partial charge in [0.05, 0.1) is 17.4 Å². The van der Waals surface area contributed by atoms with Crippen molar-refractivity contribution >= 4 is 33.2 Å². The summed E-state index contributed by atoms with van der Waals surface area (Å²) in [6.07, 6.45) is 3.30. The minimum absolute atomic E-state index is 0.137. The molecule has 0 radical (unpaired) electrons. The maximum Gasteiger partial charge on any atom is 0.259 e. The van der Waals surface area contributed by atoms with Crippen LogP contribution >= 0.6 is 15.9 Å². The zero-order valence-electron chi connectivity index (χ0n) is 9.80. The third-order valence-electron chi connectivity index (χ3n) is 2.56. The summed E-state index contributed by atoms with van der Waals surface area (Å²) < 4.78 is 0.720. The molecule has 1 aromatic heterocycles. The summed E-state index contributed by atoms with van der Waals surface area (Å²) in [5.41, 5.74) is 7.52. The van der Waals surface area contributed by atoms with E-state index in [9.17, 15) is 4.79 Å². The van der Waals surface area contributed by atoms with E-state index in [0.717, 1.165) is 10.2 Å². The quantitative estimate of drug-likeness (QED) is 0.868. The summed E-state index contributed by atoms with van der Waals surface area (Å²) >= 11 is 3.35. The Morgan fingerprint density at radius 1 is 1.39 bits per heavy atom. The Morgan fingerprint density at radius 3 is 2.83 bits per heavy atom. The van der Waals surface area contributed by atoms with Crippen LogP contribution < -0.4 is 10.6 Å². The number of carbonyl (C=O) groups excluding carboxylic acids is 1. The summed E-state index contributed by atoms with van der Waals surface area (Å²) in [7, 11) is 1.70. The molecule has 4 nitrogen and oxygen atoms in total. The Morgan fingerprint density at radius 2 is 2.17 bits per heavy atom. The van der Waals surface area contributed by atoms with Crippen molar-refractivity contribution in [3.63, 3.8) is 0 Å². The molecule has 0 bridgehead atoms. The van der Waals surface area contributed by atoms with Crippen LogP contribution in [0.15, 0.2) is 47.2 Å². The van der Waals surface area contributed by atoms with Crippen molar-refractivity contribution in [3.8, 4) is 0 Å². The highest BCUT2D eigenvalue weighted by Gasteiger charge is 2.16. The number of nitrogen functional groups attached to an aromatic ring is 1. The van der Waals surface area contributed by atoms with Crippen LogP contribution in [0, 0.1) is 0 Å². The van der Waals surface area contributed by atoms with E-state index < -0.39 is 0 Å². The number of hydrogen-bond acceptors (Lipinski definition) is 3. The van der Waals surface area contributed by atoms with E-state index in [-0.39, 0.29) is 5.91 Å². The number of anilines is 2. The fourth-order valence-electron chi connectivity index (χ4n) is 1.56. The molecule has 1 heterocycles. The lowest BCUT2D eigenvalue weighted by Gasteiger charge is -2.17. The van der Waals surface area contributed by atoms with Crippen LogP contribution in [0.4, 0.5) is 11.4 Å². The number of rotatable bonds is 2. The number of carbonyl (C=O) groups is 1. The summed E-state index contributed by atoms with van der Waals surface area (Å²) in [5, 5.41) is 0. The van der Waals surface area contributed by atoms with Crippen LogP contribution in [-0.4, -0.2) is 17.9 Å². The standard InChI is InChI=1S/C13H12BrN3O/c1-17(10-3-2-6-16-8-10)13(18)11-7-9(15)4-5-12(11)14/h2-8H,15H2,1H3. The Bertz CT molecular complexity index is 572. The molecule has 0 spiro atoms. The zero-order chi connectivity index (χ0) is 13.1. The number of benzene rings is 1. The summed E-state index contributed by atoms with van der Waals surface area (Å²) in [6, 6.07) is 8.77. The second-order valence-electron chi connectivity index (χ2n) is 3.81. The van der Waals surface area contributed by atoms with Gasteiger partial charge in [0, 0.05) is 23.4 Å². The monoisotopic (exact) mass is 305 g/mol. The summed E-state index contributed by atoms with van der Waals surface area (Å²) in [5.74, 6) is -0.137. The molecule has 92 valence electrons. The Labute approximate surface area is 114 Å². The average Bonchev–Trinajstić information content (AvgIpc) is 2.41. The van der Waals surface area contributed by atoms with E-state index in [4.69, 9.17) is 5.73 Å². The lowest BCUT2D eigenvalue weighted by atomic mass is 10.1. The van der Waals surface area contributed by atoms with Crippen molar-refractivity contribution in [1.82, 2.24) is 4.98 Å². The molecule has 2 N–H and O–H groups in total. The molecular weight excluding hydrogens is 294 g/mol. The number of hydrogen-bond donors (Lipinski definition) is 1. The molecule has 0 saturated heterocycles. The molecule has 2 aromatic rings. The van der Waals surface area contributed by atoms with Gasteiger partial charge in [-0.15, -0.1) is 0 Å². The molecule has 0 aliphatic carbocycles. The van der Waals surface area contributed by atoms with Crippen LogP contribution in [0.2, 0.25) is 0 Å². The van der Waals surface area contributed by atoms with Gasteiger partial charge in [0.15, 0.2) is 0 Å². The molecule has 0 fully saturated rings. The minimum atomic E-state index is -0.137. The lowest BCUT2D eigenvalue weighted by molar-refractivity contribution is 0.0992. The fourth-order valence-corrected chi connectivity index (χ4v) is 1.97. The van der Waals surface area contributed by atoms with Crippen LogP contribution in [-0.2, 0) is 0 Å². The van der Waals surface area contributed by atoms with Gasteiger partial charge >= 0.3 is 0 Å². The van der Waals surface area contributed by atoms with Gasteiger partial charge in [-0.1, -0.05) is 0 Å². The highest BCUT2D eigenvalue weighted by Crippen LogP contribution is 2.22. The molecule has 1 amide bonds. The van der Waals surface area contributed by atoms with E-state index >= 15 is 0 Å². The summed E-state index contributed by atoms with van der Waals surface area (Å²) in [6.45, 7) is 0. The molecule has 5 heteroatoms. The van der Waals surface area contributed by atoms with E-state index in [0.29, 0.717) is 11.3 Å². The average molecular weight is 306 g/mol. The second-order valence-corrected chi connectivity index (χ2v) is 4.67. The topological polar surface area (TPSA) is 59.2 Å². The van der Waals surface area contributed by atoms with Crippen LogP contribution in [0.1, 0.15) is 10.4 Å². The third kappa shape index (κ3) is 2.51. The Balaban J connectivity index is 2.34. The van der Waals surface area contributed by atoms with Crippen molar-refractivity contribution in [2.45, 2.75) is 0 Å². The first-order valence-electron chi connectivity index (χ1n) is 5.32. The SMILES string of the molecule is CN(C(=O)c1cc(N)ccc1Br)c1cccnc1. The number of nitrogens with two attached hydrogens (primary N) is 1. The minimum Gasteiger partial charge on any atom is -0.399 e. The molecule has 1 aromatic carbocycles. The van der Waals surface area contributed by atoms with Crippen molar-refractivity contribution in [3.05, 3.63) is 52.8 Å². The molecule has 0 atom stereocenters. The van der Waals surface area contributed by atoms with E-state index in [1.54, 1.807) is 43.7 Å². The molecule has 2 rings (SSSR count). The van der Waals surface area contributed by atoms with E-state index in [1.807, 2.05) is 6.07 Å². The number of pyridine rings is 1. The lowest BCUT2D eigenvalue weighted by Crippen LogP contribution is -2.26. The molecule has 0 aliphatic rings. The van der Waals surface area contributed by atoms with Gasteiger partial charge in [0.2, 0.25) is 0 Å². The predicted molar refractivity (Wildman–Crippen MR) is 75.5 cm³/mol. The van der Waals surface area contributed by atoms with Crippen LogP contribution in [0.25, 0.3) is 0 Å². The van der Waals surface area contributed by atoms with E-state index in [1.165, 1.54) is 4.90 Å². The maximum atomic E-state index is 12.3. The Hall–Kier alpha value is -1.88. The molecule has 18 heavy (non-hydrogen) atoms. The first-order valence-corrected chi connectivity index (χ1v) is 6.12. The second kappa shape index (κ2) is 5.18. The van der Waals surface area contributed by atoms with Crippen LogP contribution in [0.3, 0.4) is 0 Å². The van der Waals surface area contributed by atoms with Gasteiger partial charge in [0.1, 0.15) is 0 Å². The molecular formula is C13H12BrN3O. The predicted octanol–water partition coefficient (Wildman–Crippen LogP) is 2.70. The number of halogens is 1. The highest BCUT2D eigenvalue weighted by atomic mass is 79.9. The van der Waals surface area contributed by atoms with Crippen molar-refractivity contribution < 1.29 is 4.79 Å². The number of nitrogens with zero attached hydrogens (tertiary/aromatic N) is 2. The molecule has 0 saturated carbocycles. The van der Waals surface area contributed by atoms with Gasteiger partial charge in [-0.25, -0.2) is 0 Å². The Kier molecular flexibility index (Phi) is 3.62. The van der Waals surface area contributed by atoms with E-state index in [2.05, 4.69) is 20.9 Å². The highest BCUT2D eigenvalue weighted by molar-refractivity contribution is 9.10. The number of amides is 1. The molecule has 0 aliphatic heterocycles. The first kappa shape index (κ1) is 12.6. The smallest absolute Gasteiger partial charge is 0.259 e. The van der Waals surface area contributed by atoms with Crippen molar-refractivity contribution in [2.24, 2.45) is 0 Å². The zero-order valence-corrected chi connectivity index (χ0v) is 11.4. The summed E-state index contributed by atoms with van der Waals surface area (Å²) in [4.78, 5) is 17.9. The largest absolute Gasteiger partial charge is 0.399 e. The van der Waals surface area contributed by atoms with Gasteiger partial charge in [-0.05, 0) is 46.3 Å². The normalized spacial score (nSPS) is 10.1. The van der Waals surface area contributed by atoms with Crippen molar-refractivity contribution in [2.75, 3.05) is 17.7 Å². The third-order valence-corrected chi connectivity index (χ3v) is 3.25.